The van der Waals surface area contributed by atoms with E-state index in [0.29, 0.717) is 27.1 Å². The van der Waals surface area contributed by atoms with Crippen LogP contribution in [0.2, 0.25) is 10.0 Å². The molecule has 0 aliphatic rings. The molecule has 0 atom stereocenters. The first-order valence-corrected chi connectivity index (χ1v) is 11.2. The Bertz CT molecular complexity index is 1020. The Morgan fingerprint density at radius 2 is 1.83 bits per heavy atom. The molecule has 0 aliphatic heterocycles. The van der Waals surface area contributed by atoms with Crippen LogP contribution < -0.4 is 10.6 Å². The van der Waals surface area contributed by atoms with Gasteiger partial charge in [0.2, 0.25) is 11.8 Å². The van der Waals surface area contributed by atoms with E-state index in [1.807, 2.05) is 12.3 Å². The maximum atomic E-state index is 12.3. The monoisotopic (exact) mass is 465 g/mol. The fourth-order valence-electron chi connectivity index (χ4n) is 2.40. The number of nitrogens with zero attached hydrogens (tertiary/aromatic N) is 1. The molecule has 1 heterocycles. The second-order valence-corrected chi connectivity index (χ2v) is 9.01. The minimum atomic E-state index is -0.169. The molecule has 0 fully saturated rings. The van der Waals surface area contributed by atoms with Gasteiger partial charge in [-0.05, 0) is 48.9 Å². The number of hydrogen-bond donors (Lipinski definition) is 2. The Hall–Kier alpha value is -2.06. The fraction of sp³-hybridized carbons (Fsp3) is 0.150. The summed E-state index contributed by atoms with van der Waals surface area (Å²) in [5, 5.41) is 8.69. The van der Waals surface area contributed by atoms with Crippen LogP contribution in [0.25, 0.3) is 0 Å². The second kappa shape index (κ2) is 10.1. The van der Waals surface area contributed by atoms with Crippen LogP contribution in [0.15, 0.2) is 52.2 Å². The van der Waals surface area contributed by atoms with E-state index in [9.17, 15) is 9.59 Å². The third kappa shape index (κ3) is 6.47. The molecule has 3 rings (SSSR count). The molecule has 0 bridgehead atoms. The minimum Gasteiger partial charge on any atom is -0.325 e. The van der Waals surface area contributed by atoms with Crippen LogP contribution in [0.4, 0.5) is 11.4 Å². The van der Waals surface area contributed by atoms with Crippen molar-refractivity contribution in [2.75, 3.05) is 16.4 Å². The van der Waals surface area contributed by atoms with Crippen molar-refractivity contribution in [2.24, 2.45) is 0 Å². The summed E-state index contributed by atoms with van der Waals surface area (Å²) in [6, 6.07) is 12.3. The van der Waals surface area contributed by atoms with Gasteiger partial charge >= 0.3 is 0 Å². The topological polar surface area (TPSA) is 71.1 Å². The van der Waals surface area contributed by atoms with Crippen molar-refractivity contribution in [3.05, 3.63) is 69.1 Å². The molecule has 9 heteroatoms. The molecule has 0 aliphatic carbocycles. The summed E-state index contributed by atoms with van der Waals surface area (Å²) in [7, 11) is 0. The van der Waals surface area contributed by atoms with Gasteiger partial charge in [-0.3, -0.25) is 9.59 Å². The molecule has 0 spiro atoms. The van der Waals surface area contributed by atoms with Crippen LogP contribution in [-0.4, -0.2) is 22.6 Å². The van der Waals surface area contributed by atoms with Crippen molar-refractivity contribution < 1.29 is 9.59 Å². The second-order valence-electron chi connectivity index (χ2n) is 6.09. The SMILES string of the molecule is Cc1c(Cl)cccc1NC(=O)Cc1csc(SCC(=O)Nc2ccc(Cl)cc2)n1. The lowest BCUT2D eigenvalue weighted by Gasteiger charge is -2.08. The molecule has 2 aromatic carbocycles. The fourth-order valence-corrected chi connectivity index (χ4v) is 4.34. The maximum absolute atomic E-state index is 12.3. The number of amides is 2. The maximum Gasteiger partial charge on any atom is 0.234 e. The van der Waals surface area contributed by atoms with Gasteiger partial charge in [-0.1, -0.05) is 41.0 Å². The van der Waals surface area contributed by atoms with Gasteiger partial charge in [-0.2, -0.15) is 0 Å². The lowest BCUT2D eigenvalue weighted by atomic mass is 10.2. The number of nitrogens with one attached hydrogen (secondary N) is 2. The van der Waals surface area contributed by atoms with Gasteiger partial charge in [-0.15, -0.1) is 11.3 Å². The molecule has 5 nitrogen and oxygen atoms in total. The number of rotatable bonds is 7. The molecule has 2 N–H and O–H groups in total. The van der Waals surface area contributed by atoms with Gasteiger partial charge < -0.3 is 10.6 Å². The van der Waals surface area contributed by atoms with E-state index < -0.39 is 0 Å². The van der Waals surface area contributed by atoms with E-state index in [0.717, 1.165) is 9.90 Å². The van der Waals surface area contributed by atoms with Crippen LogP contribution in [0, 0.1) is 6.92 Å². The normalized spacial score (nSPS) is 10.6. The highest BCUT2D eigenvalue weighted by Gasteiger charge is 2.12. The first-order valence-electron chi connectivity index (χ1n) is 8.58. The average Bonchev–Trinajstić information content (AvgIpc) is 3.13. The number of hydrogen-bond acceptors (Lipinski definition) is 5. The standard InChI is InChI=1S/C20H17Cl2N3O2S2/c1-12-16(22)3-2-4-17(12)25-18(26)9-15-10-28-20(24-15)29-11-19(27)23-14-7-5-13(21)6-8-14/h2-8,10H,9,11H2,1H3,(H,23,27)(H,25,26). The predicted molar refractivity (Wildman–Crippen MR) is 121 cm³/mol. The number of anilines is 2. The van der Waals surface area contributed by atoms with Crippen molar-refractivity contribution in [1.82, 2.24) is 4.98 Å². The molecule has 0 saturated heterocycles. The number of halogens is 2. The molecule has 3 aromatic rings. The summed E-state index contributed by atoms with van der Waals surface area (Å²) in [4.78, 5) is 28.8. The van der Waals surface area contributed by atoms with Crippen LogP contribution in [0.1, 0.15) is 11.3 Å². The Morgan fingerprint density at radius 1 is 1.07 bits per heavy atom. The van der Waals surface area contributed by atoms with Crippen LogP contribution in [0.5, 0.6) is 0 Å². The number of benzene rings is 2. The van der Waals surface area contributed by atoms with Gasteiger partial charge in [0.15, 0.2) is 4.34 Å². The summed E-state index contributed by atoms with van der Waals surface area (Å²) in [5.41, 5.74) is 2.86. The molecule has 0 radical (unpaired) electrons. The predicted octanol–water partition coefficient (Wildman–Crippen LogP) is 5.67. The van der Waals surface area contributed by atoms with E-state index in [1.54, 1.807) is 42.5 Å². The molecule has 2 amide bonds. The zero-order valence-electron chi connectivity index (χ0n) is 15.4. The van der Waals surface area contributed by atoms with E-state index in [2.05, 4.69) is 15.6 Å². The minimum absolute atomic E-state index is 0.136. The van der Waals surface area contributed by atoms with Gasteiger partial charge in [0.25, 0.3) is 0 Å². The Kier molecular flexibility index (Phi) is 7.55. The number of thioether (sulfide) groups is 1. The quantitative estimate of drug-likeness (QED) is 0.440. The summed E-state index contributed by atoms with van der Waals surface area (Å²) in [5.74, 6) is -0.0790. The van der Waals surface area contributed by atoms with E-state index >= 15 is 0 Å². The first kappa shape index (κ1) is 21.6. The summed E-state index contributed by atoms with van der Waals surface area (Å²) < 4.78 is 0.734. The number of carbonyl (C=O) groups excluding carboxylic acids is 2. The van der Waals surface area contributed by atoms with Crippen molar-refractivity contribution in [1.29, 1.82) is 0 Å². The molecular weight excluding hydrogens is 449 g/mol. The number of aromatic nitrogens is 1. The van der Waals surface area contributed by atoms with Gasteiger partial charge in [0.05, 0.1) is 17.9 Å². The third-order valence-electron chi connectivity index (χ3n) is 3.87. The lowest BCUT2D eigenvalue weighted by Crippen LogP contribution is -2.15. The summed E-state index contributed by atoms with van der Waals surface area (Å²) in [6.45, 7) is 1.85. The lowest BCUT2D eigenvalue weighted by molar-refractivity contribution is -0.116. The molecule has 0 saturated carbocycles. The van der Waals surface area contributed by atoms with Crippen LogP contribution in [-0.2, 0) is 16.0 Å². The van der Waals surface area contributed by atoms with Crippen molar-refractivity contribution in [3.8, 4) is 0 Å². The van der Waals surface area contributed by atoms with Gasteiger partial charge in [-0.25, -0.2) is 4.98 Å². The molecular formula is C20H17Cl2N3O2S2. The van der Waals surface area contributed by atoms with E-state index in [-0.39, 0.29) is 24.0 Å². The summed E-state index contributed by atoms with van der Waals surface area (Å²) >= 11 is 14.6. The average molecular weight is 466 g/mol. The molecule has 0 unspecified atom stereocenters. The highest BCUT2D eigenvalue weighted by Crippen LogP contribution is 2.25. The van der Waals surface area contributed by atoms with Crippen LogP contribution >= 0.6 is 46.3 Å². The summed E-state index contributed by atoms with van der Waals surface area (Å²) in [6.07, 6.45) is 0.153. The largest absolute Gasteiger partial charge is 0.325 e. The first-order chi connectivity index (χ1) is 13.9. The highest BCUT2D eigenvalue weighted by atomic mass is 35.5. The number of thiazole rings is 1. The molecule has 29 heavy (non-hydrogen) atoms. The Labute approximate surface area is 186 Å². The molecule has 1 aromatic heterocycles. The van der Waals surface area contributed by atoms with Crippen molar-refractivity contribution >= 4 is 69.5 Å². The van der Waals surface area contributed by atoms with Crippen LogP contribution in [0.3, 0.4) is 0 Å². The van der Waals surface area contributed by atoms with Crippen molar-refractivity contribution in [2.45, 2.75) is 17.7 Å². The third-order valence-corrected chi connectivity index (χ3v) is 6.60. The highest BCUT2D eigenvalue weighted by molar-refractivity contribution is 8.01. The Morgan fingerprint density at radius 3 is 2.59 bits per heavy atom. The zero-order valence-corrected chi connectivity index (χ0v) is 18.5. The van der Waals surface area contributed by atoms with Gasteiger partial charge in [0.1, 0.15) is 0 Å². The van der Waals surface area contributed by atoms with E-state index in [1.165, 1.54) is 23.1 Å². The van der Waals surface area contributed by atoms with Crippen molar-refractivity contribution in [3.63, 3.8) is 0 Å². The number of carbonyl (C=O) groups is 2. The van der Waals surface area contributed by atoms with E-state index in [4.69, 9.17) is 23.2 Å². The smallest absolute Gasteiger partial charge is 0.234 e. The molecule has 150 valence electrons. The zero-order chi connectivity index (χ0) is 20.8. The van der Waals surface area contributed by atoms with Gasteiger partial charge in [0, 0.05) is 26.8 Å². The Balaban J connectivity index is 1.48.